The zero-order valence-electron chi connectivity index (χ0n) is 9.55. The van der Waals surface area contributed by atoms with Crippen molar-refractivity contribution in [1.82, 2.24) is 0 Å². The van der Waals surface area contributed by atoms with Gasteiger partial charge in [0.2, 0.25) is 0 Å². The molecule has 1 rings (SSSR count). The Labute approximate surface area is 101 Å². The third kappa shape index (κ3) is 3.71. The van der Waals surface area contributed by atoms with Crippen molar-refractivity contribution >= 4 is 15.9 Å². The summed E-state index contributed by atoms with van der Waals surface area (Å²) in [5, 5.41) is 0. The van der Waals surface area contributed by atoms with Gasteiger partial charge in [0.15, 0.2) is 5.78 Å². The first kappa shape index (κ1) is 13.4. The van der Waals surface area contributed by atoms with Crippen LogP contribution in [0.15, 0.2) is 41.8 Å². The van der Waals surface area contributed by atoms with Crippen molar-refractivity contribution in [2.24, 2.45) is 0 Å². The molecular formula is C12H14O4S. The predicted octanol–water partition coefficient (Wildman–Crippen LogP) is 2.28. The molecule has 0 bridgehead atoms. The van der Waals surface area contributed by atoms with Gasteiger partial charge in [-0.3, -0.25) is 4.79 Å². The van der Waals surface area contributed by atoms with Crippen LogP contribution in [0.5, 0.6) is 5.75 Å². The summed E-state index contributed by atoms with van der Waals surface area (Å²) in [5.41, 5.74) is 0. The van der Waals surface area contributed by atoms with Gasteiger partial charge >= 0.3 is 10.1 Å². The highest BCUT2D eigenvalue weighted by molar-refractivity contribution is 7.92. The predicted molar refractivity (Wildman–Crippen MR) is 65.0 cm³/mol. The lowest BCUT2D eigenvalue weighted by Crippen LogP contribution is -2.17. The first-order chi connectivity index (χ1) is 7.97. The van der Waals surface area contributed by atoms with E-state index in [-0.39, 0.29) is 12.2 Å². The van der Waals surface area contributed by atoms with Gasteiger partial charge in [0.25, 0.3) is 0 Å². The number of carbonyl (C=O) groups excluding carboxylic acids is 1. The van der Waals surface area contributed by atoms with Crippen LogP contribution in [0, 0.1) is 0 Å². The second kappa shape index (κ2) is 5.63. The van der Waals surface area contributed by atoms with Crippen LogP contribution < -0.4 is 4.18 Å². The van der Waals surface area contributed by atoms with Crippen LogP contribution in [0.25, 0.3) is 0 Å². The van der Waals surface area contributed by atoms with Gasteiger partial charge in [0, 0.05) is 6.42 Å². The molecule has 0 saturated heterocycles. The molecular weight excluding hydrogens is 240 g/mol. The van der Waals surface area contributed by atoms with Crippen LogP contribution in [0.3, 0.4) is 0 Å². The van der Waals surface area contributed by atoms with Gasteiger partial charge in [0.1, 0.15) is 10.7 Å². The van der Waals surface area contributed by atoms with Crippen LogP contribution >= 0.6 is 0 Å². The van der Waals surface area contributed by atoms with E-state index < -0.39 is 20.8 Å². The number of benzene rings is 1. The largest absolute Gasteiger partial charge is 0.379 e. The quantitative estimate of drug-likeness (QED) is 0.577. The molecule has 0 radical (unpaired) electrons. The lowest BCUT2D eigenvalue weighted by Gasteiger charge is -2.07. The molecule has 0 aliphatic rings. The number of carbonyl (C=O) groups is 1. The van der Waals surface area contributed by atoms with Crippen molar-refractivity contribution in [1.29, 1.82) is 0 Å². The minimum atomic E-state index is -4.08. The molecule has 0 fully saturated rings. The van der Waals surface area contributed by atoms with Crippen molar-refractivity contribution in [3.8, 4) is 5.75 Å². The number of allylic oxidation sites excluding steroid dienone is 1. The molecule has 0 aromatic heterocycles. The molecule has 0 aliphatic carbocycles. The smallest absolute Gasteiger partial charge is 0.342 e. The molecule has 1 aromatic carbocycles. The van der Waals surface area contributed by atoms with E-state index >= 15 is 0 Å². The molecule has 0 heterocycles. The fourth-order valence-corrected chi connectivity index (χ4v) is 2.00. The zero-order chi connectivity index (χ0) is 12.9. The van der Waals surface area contributed by atoms with Gasteiger partial charge in [-0.15, -0.1) is 0 Å². The molecule has 0 N–H and O–H groups in total. The van der Waals surface area contributed by atoms with Crippen molar-refractivity contribution in [2.45, 2.75) is 19.8 Å². The summed E-state index contributed by atoms with van der Waals surface area (Å²) in [7, 11) is -4.08. The standard InChI is InChI=1S/C12H14O4S/c1-3-7-12(13)10(2)17(14,15)16-11-8-5-4-6-9-11/h4-6,8-9H,2-3,7H2,1H3. The molecule has 0 spiro atoms. The second-order valence-corrected chi connectivity index (χ2v) is 5.01. The average Bonchev–Trinajstić information content (AvgIpc) is 2.29. The van der Waals surface area contributed by atoms with Gasteiger partial charge < -0.3 is 4.18 Å². The van der Waals surface area contributed by atoms with Crippen LogP contribution in [0.1, 0.15) is 19.8 Å². The Morgan fingerprint density at radius 2 is 1.88 bits per heavy atom. The summed E-state index contributed by atoms with van der Waals surface area (Å²) in [6.07, 6.45) is 0.717. The molecule has 0 atom stereocenters. The van der Waals surface area contributed by atoms with Crippen LogP contribution in [-0.4, -0.2) is 14.2 Å². The molecule has 0 unspecified atom stereocenters. The van der Waals surface area contributed by atoms with Gasteiger partial charge in [0.05, 0.1) is 0 Å². The Bertz CT molecular complexity index is 503. The van der Waals surface area contributed by atoms with E-state index in [9.17, 15) is 13.2 Å². The van der Waals surface area contributed by atoms with Gasteiger partial charge in [-0.25, -0.2) is 0 Å². The number of Topliss-reactive ketones (excluding diaryl/α,β-unsaturated/α-hetero) is 1. The van der Waals surface area contributed by atoms with E-state index in [2.05, 4.69) is 6.58 Å². The molecule has 17 heavy (non-hydrogen) atoms. The molecule has 1 aromatic rings. The monoisotopic (exact) mass is 254 g/mol. The number of para-hydroxylation sites is 1. The molecule has 0 aliphatic heterocycles. The summed E-state index contributed by atoms with van der Waals surface area (Å²) < 4.78 is 28.1. The van der Waals surface area contributed by atoms with Gasteiger partial charge in [-0.2, -0.15) is 8.42 Å². The number of ketones is 1. The lowest BCUT2D eigenvalue weighted by atomic mass is 10.2. The molecule has 0 amide bonds. The van der Waals surface area contributed by atoms with E-state index in [1.54, 1.807) is 25.1 Å². The second-order valence-electron chi connectivity index (χ2n) is 3.45. The van der Waals surface area contributed by atoms with Crippen LogP contribution in [0.2, 0.25) is 0 Å². The fraction of sp³-hybridized carbons (Fsp3) is 0.250. The number of rotatable bonds is 6. The maximum absolute atomic E-state index is 11.7. The summed E-state index contributed by atoms with van der Waals surface area (Å²) in [6.45, 7) is 5.07. The van der Waals surface area contributed by atoms with E-state index in [1.165, 1.54) is 12.1 Å². The van der Waals surface area contributed by atoms with Crippen molar-refractivity contribution in [3.63, 3.8) is 0 Å². The number of hydrogen-bond donors (Lipinski definition) is 0. The first-order valence-electron chi connectivity index (χ1n) is 5.19. The maximum atomic E-state index is 11.7. The third-order valence-electron chi connectivity index (χ3n) is 2.04. The Kier molecular flexibility index (Phi) is 4.45. The molecule has 0 saturated carbocycles. The topological polar surface area (TPSA) is 60.4 Å². The minimum absolute atomic E-state index is 0.149. The Balaban J connectivity index is 2.83. The highest BCUT2D eigenvalue weighted by Gasteiger charge is 2.23. The van der Waals surface area contributed by atoms with Crippen LogP contribution in [0.4, 0.5) is 0 Å². The highest BCUT2D eigenvalue weighted by Crippen LogP contribution is 2.17. The molecule has 5 heteroatoms. The summed E-state index contributed by atoms with van der Waals surface area (Å²) >= 11 is 0. The van der Waals surface area contributed by atoms with Crippen molar-refractivity contribution < 1.29 is 17.4 Å². The maximum Gasteiger partial charge on any atom is 0.342 e. The SMILES string of the molecule is C=C(C(=O)CCC)S(=O)(=O)Oc1ccccc1. The normalized spacial score (nSPS) is 10.9. The molecule has 92 valence electrons. The van der Waals surface area contributed by atoms with E-state index in [4.69, 9.17) is 4.18 Å². The Morgan fingerprint density at radius 3 is 2.41 bits per heavy atom. The third-order valence-corrected chi connectivity index (χ3v) is 3.28. The first-order valence-corrected chi connectivity index (χ1v) is 6.60. The average molecular weight is 254 g/mol. The van der Waals surface area contributed by atoms with E-state index in [0.717, 1.165) is 0 Å². The van der Waals surface area contributed by atoms with Crippen LogP contribution in [-0.2, 0) is 14.9 Å². The minimum Gasteiger partial charge on any atom is -0.379 e. The molecule has 4 nitrogen and oxygen atoms in total. The Morgan fingerprint density at radius 1 is 1.29 bits per heavy atom. The summed E-state index contributed by atoms with van der Waals surface area (Å²) in [5.74, 6) is -0.346. The fourth-order valence-electron chi connectivity index (χ4n) is 1.16. The lowest BCUT2D eigenvalue weighted by molar-refractivity contribution is -0.115. The summed E-state index contributed by atoms with van der Waals surface area (Å²) in [6, 6.07) is 8.00. The van der Waals surface area contributed by atoms with Gasteiger partial charge in [-0.05, 0) is 18.6 Å². The highest BCUT2D eigenvalue weighted by atomic mass is 32.2. The zero-order valence-corrected chi connectivity index (χ0v) is 10.4. The van der Waals surface area contributed by atoms with Crippen molar-refractivity contribution in [2.75, 3.05) is 0 Å². The van der Waals surface area contributed by atoms with E-state index in [0.29, 0.717) is 6.42 Å². The summed E-state index contributed by atoms with van der Waals surface area (Å²) in [4.78, 5) is 10.9. The van der Waals surface area contributed by atoms with Crippen molar-refractivity contribution in [3.05, 3.63) is 41.8 Å². The van der Waals surface area contributed by atoms with Gasteiger partial charge in [-0.1, -0.05) is 31.7 Å². The Hall–Kier alpha value is -1.62. The van der Waals surface area contributed by atoms with E-state index in [1.807, 2.05) is 0 Å². The number of hydrogen-bond acceptors (Lipinski definition) is 4.